The van der Waals surface area contributed by atoms with Gasteiger partial charge in [0.25, 0.3) is 0 Å². The molecule has 0 unspecified atom stereocenters. The maximum Gasteiger partial charge on any atom is 0.203 e. The number of benzene rings is 1. The van der Waals surface area contributed by atoms with Crippen LogP contribution in [0.2, 0.25) is 0 Å². The molecule has 1 heterocycles. The molecule has 0 radical (unpaired) electrons. The zero-order valence-corrected chi connectivity index (χ0v) is 19.2. The summed E-state index contributed by atoms with van der Waals surface area (Å²) in [4.78, 5) is 8.57. The van der Waals surface area contributed by atoms with Gasteiger partial charge < -0.3 is 24.8 Å². The van der Waals surface area contributed by atoms with Crippen LogP contribution in [-0.4, -0.2) is 45.4 Å². The van der Waals surface area contributed by atoms with Gasteiger partial charge in [0.05, 0.1) is 20.8 Å². The lowest BCUT2D eigenvalue weighted by molar-refractivity contribution is 0.288. The first-order valence-corrected chi connectivity index (χ1v) is 8.93. The Bertz CT molecular complexity index is 716. The van der Waals surface area contributed by atoms with Gasteiger partial charge in [-0.25, -0.2) is 0 Å². The number of methoxy groups -OCH3 is 2. The first-order valence-electron chi connectivity index (χ1n) is 8.93. The monoisotopic (exact) mass is 500 g/mol. The van der Waals surface area contributed by atoms with Crippen LogP contribution in [0.25, 0.3) is 0 Å². The lowest BCUT2D eigenvalue weighted by Crippen LogP contribution is -2.37. The molecule has 7 nitrogen and oxygen atoms in total. The topological polar surface area (TPSA) is 77.0 Å². The van der Waals surface area contributed by atoms with Crippen LogP contribution in [-0.2, 0) is 13.0 Å². The summed E-state index contributed by atoms with van der Waals surface area (Å²) in [6, 6.07) is 9.78. The van der Waals surface area contributed by atoms with E-state index in [1.165, 1.54) is 0 Å². The predicted octanol–water partition coefficient (Wildman–Crippen LogP) is 3.02. The number of guanidine groups is 1. The van der Waals surface area contributed by atoms with Crippen molar-refractivity contribution in [3.05, 3.63) is 47.8 Å². The highest BCUT2D eigenvalue weighted by atomic mass is 127. The van der Waals surface area contributed by atoms with Gasteiger partial charge in [-0.15, -0.1) is 24.0 Å². The third-order valence-electron chi connectivity index (χ3n) is 3.89. The quantitative estimate of drug-likeness (QED) is 0.313. The summed E-state index contributed by atoms with van der Waals surface area (Å²) >= 11 is 0. The van der Waals surface area contributed by atoms with Crippen molar-refractivity contribution in [1.29, 1.82) is 0 Å². The maximum absolute atomic E-state index is 5.63. The van der Waals surface area contributed by atoms with Gasteiger partial charge in [-0.05, 0) is 36.8 Å². The van der Waals surface area contributed by atoms with Crippen molar-refractivity contribution in [2.24, 2.45) is 4.99 Å². The van der Waals surface area contributed by atoms with Crippen molar-refractivity contribution < 1.29 is 14.2 Å². The van der Waals surface area contributed by atoms with Gasteiger partial charge in [-0.3, -0.25) is 9.98 Å². The van der Waals surface area contributed by atoms with E-state index in [0.717, 1.165) is 30.2 Å². The third-order valence-corrected chi connectivity index (χ3v) is 3.89. The molecule has 0 aliphatic rings. The van der Waals surface area contributed by atoms with E-state index in [1.807, 2.05) is 37.3 Å². The van der Waals surface area contributed by atoms with Gasteiger partial charge in [0, 0.05) is 38.4 Å². The van der Waals surface area contributed by atoms with E-state index in [-0.39, 0.29) is 24.0 Å². The Labute approximate surface area is 183 Å². The minimum atomic E-state index is 0. The molecule has 1 aromatic carbocycles. The fourth-order valence-electron chi connectivity index (χ4n) is 2.58. The number of nitrogens with zero attached hydrogens (tertiary/aromatic N) is 2. The summed E-state index contributed by atoms with van der Waals surface area (Å²) in [7, 11) is 4.98. The Hall–Kier alpha value is -2.23. The van der Waals surface area contributed by atoms with E-state index < -0.39 is 0 Å². The Kier molecular flexibility index (Phi) is 11.1. The highest BCUT2D eigenvalue weighted by Gasteiger charge is 2.14. The summed E-state index contributed by atoms with van der Waals surface area (Å²) in [5.74, 6) is 2.62. The molecule has 0 atom stereocenters. The van der Waals surface area contributed by atoms with Crippen LogP contribution in [0.5, 0.6) is 17.2 Å². The number of hydrogen-bond donors (Lipinski definition) is 2. The molecule has 0 spiro atoms. The second kappa shape index (κ2) is 13.0. The summed E-state index contributed by atoms with van der Waals surface area (Å²) < 4.78 is 16.5. The molecule has 0 bridgehead atoms. The molecular weight excluding hydrogens is 471 g/mol. The Morgan fingerprint density at radius 1 is 1.11 bits per heavy atom. The summed E-state index contributed by atoms with van der Waals surface area (Å²) in [5.41, 5.74) is 2.04. The molecule has 0 aliphatic carbocycles. The summed E-state index contributed by atoms with van der Waals surface area (Å²) in [6.45, 7) is 3.78. The van der Waals surface area contributed by atoms with Crippen molar-refractivity contribution >= 4 is 29.9 Å². The van der Waals surface area contributed by atoms with E-state index in [0.29, 0.717) is 30.4 Å². The number of aliphatic imine (C=N–C) groups is 1. The minimum Gasteiger partial charge on any atom is -0.493 e. The van der Waals surface area contributed by atoms with E-state index in [2.05, 4.69) is 20.6 Å². The van der Waals surface area contributed by atoms with E-state index >= 15 is 0 Å². The van der Waals surface area contributed by atoms with Crippen LogP contribution in [0.3, 0.4) is 0 Å². The normalized spacial score (nSPS) is 10.6. The van der Waals surface area contributed by atoms with Crippen molar-refractivity contribution in [3.63, 3.8) is 0 Å². The fourth-order valence-corrected chi connectivity index (χ4v) is 2.58. The third kappa shape index (κ3) is 7.06. The summed E-state index contributed by atoms with van der Waals surface area (Å²) in [5, 5.41) is 6.58. The van der Waals surface area contributed by atoms with Crippen LogP contribution in [0.1, 0.15) is 18.2 Å². The van der Waals surface area contributed by atoms with Gasteiger partial charge >= 0.3 is 0 Å². The van der Waals surface area contributed by atoms with Crippen molar-refractivity contribution in [3.8, 4) is 17.2 Å². The molecule has 1 aromatic heterocycles. The largest absolute Gasteiger partial charge is 0.493 e. The number of ether oxygens (including phenoxy) is 3. The van der Waals surface area contributed by atoms with Crippen molar-refractivity contribution in [1.82, 2.24) is 15.6 Å². The number of pyridine rings is 1. The number of aromatic nitrogens is 1. The first kappa shape index (κ1) is 23.8. The second-order valence-corrected chi connectivity index (χ2v) is 5.69. The number of nitrogens with one attached hydrogen (secondary N) is 2. The zero-order chi connectivity index (χ0) is 19.5. The van der Waals surface area contributed by atoms with Crippen molar-refractivity contribution in [2.45, 2.75) is 19.9 Å². The molecule has 0 fully saturated rings. The van der Waals surface area contributed by atoms with Crippen LogP contribution < -0.4 is 24.8 Å². The van der Waals surface area contributed by atoms with E-state index in [1.54, 1.807) is 27.5 Å². The molecule has 2 N–H and O–H groups in total. The average molecular weight is 500 g/mol. The molecular formula is C20H29IN4O3. The molecule has 2 aromatic rings. The van der Waals surface area contributed by atoms with Crippen molar-refractivity contribution in [2.75, 3.05) is 34.4 Å². The zero-order valence-electron chi connectivity index (χ0n) is 16.8. The molecule has 0 saturated heterocycles. The number of rotatable bonds is 9. The molecule has 154 valence electrons. The first-order chi connectivity index (χ1) is 13.2. The SMILES string of the molecule is CCOc1c(OC)cc(CNC(=NC)NCCc2ccccn2)cc1OC.I. The van der Waals surface area contributed by atoms with Crippen LogP contribution in [0.15, 0.2) is 41.5 Å². The summed E-state index contributed by atoms with van der Waals surface area (Å²) in [6.07, 6.45) is 2.63. The molecule has 0 saturated carbocycles. The average Bonchev–Trinajstić information content (AvgIpc) is 2.71. The smallest absolute Gasteiger partial charge is 0.203 e. The second-order valence-electron chi connectivity index (χ2n) is 5.69. The van der Waals surface area contributed by atoms with Gasteiger partial charge in [0.15, 0.2) is 17.5 Å². The van der Waals surface area contributed by atoms with Gasteiger partial charge in [-0.1, -0.05) is 6.07 Å². The number of hydrogen-bond acceptors (Lipinski definition) is 5. The Morgan fingerprint density at radius 2 is 1.82 bits per heavy atom. The lowest BCUT2D eigenvalue weighted by Gasteiger charge is -2.16. The molecule has 0 amide bonds. The van der Waals surface area contributed by atoms with Crippen LogP contribution in [0, 0.1) is 0 Å². The van der Waals surface area contributed by atoms with Crippen LogP contribution >= 0.6 is 24.0 Å². The standard InChI is InChI=1S/C20H28N4O3.HI/c1-5-27-19-17(25-3)12-15(13-18(19)26-4)14-24-20(21-2)23-11-9-16-8-6-7-10-22-16;/h6-8,10,12-13H,5,9,11,14H2,1-4H3,(H2,21,23,24);1H. The Morgan fingerprint density at radius 3 is 2.36 bits per heavy atom. The molecule has 0 aliphatic heterocycles. The highest BCUT2D eigenvalue weighted by Crippen LogP contribution is 2.38. The molecule has 2 rings (SSSR count). The maximum atomic E-state index is 5.63. The highest BCUT2D eigenvalue weighted by molar-refractivity contribution is 14.0. The number of halogens is 1. The van der Waals surface area contributed by atoms with Gasteiger partial charge in [0.2, 0.25) is 5.75 Å². The predicted molar refractivity (Wildman–Crippen MR) is 122 cm³/mol. The fraction of sp³-hybridized carbons (Fsp3) is 0.400. The van der Waals surface area contributed by atoms with Gasteiger partial charge in [0.1, 0.15) is 0 Å². The van der Waals surface area contributed by atoms with Crippen LogP contribution in [0.4, 0.5) is 0 Å². The Balaban J connectivity index is 0.00000392. The van der Waals surface area contributed by atoms with Gasteiger partial charge in [-0.2, -0.15) is 0 Å². The molecule has 8 heteroatoms. The van der Waals surface area contributed by atoms with E-state index in [9.17, 15) is 0 Å². The lowest BCUT2D eigenvalue weighted by atomic mass is 10.2. The van der Waals surface area contributed by atoms with E-state index in [4.69, 9.17) is 14.2 Å². The molecule has 28 heavy (non-hydrogen) atoms. The minimum absolute atomic E-state index is 0.